The first-order chi connectivity index (χ1) is 42.6. The zero-order chi connectivity index (χ0) is 62.4. The predicted molar refractivity (Wildman–Crippen MR) is 301 cm³/mol. The van der Waals surface area contributed by atoms with Gasteiger partial charge in [0, 0.05) is 12.2 Å². The van der Waals surface area contributed by atoms with Gasteiger partial charge in [0.15, 0.2) is 12.2 Å². The van der Waals surface area contributed by atoms with Crippen LogP contribution in [0.4, 0.5) is 9.59 Å². The number of ether oxygens (including phenoxy) is 14. The SMILES string of the molecule is C=CC(=O)OCCCCOC(=O)Oc1ccc(C(=O)Oc2ccc(C(=O)Oc3ccc(C(=O)OC4COC5C4OC[C@H]5OC(=O)c4ccc(OC(=O)c5ccc(OC(=O)c6ccc(OC(=O)OCCCCOC(=O)C=C)cc6)cc5)cc4)cc3)cc2)cc1. The third-order valence-corrected chi connectivity index (χ3v) is 12.6. The lowest BCUT2D eigenvalue weighted by Gasteiger charge is -2.17. The average Bonchev–Trinajstić information content (AvgIpc) is 2.18. The van der Waals surface area contributed by atoms with Gasteiger partial charge in [0.1, 0.15) is 46.7 Å². The molecule has 2 saturated heterocycles. The molecular formula is C64H54O24. The number of hydrogen-bond donors (Lipinski definition) is 0. The van der Waals surface area contributed by atoms with E-state index < -0.39 is 84.5 Å². The first-order valence-electron chi connectivity index (χ1n) is 27.0. The second-order valence-corrected chi connectivity index (χ2v) is 18.7. The number of benzene rings is 6. The topological polar surface area (TPSA) is 300 Å². The van der Waals surface area contributed by atoms with E-state index in [1.54, 1.807) is 0 Å². The number of rotatable bonds is 26. The summed E-state index contributed by atoms with van der Waals surface area (Å²) < 4.78 is 74.8. The summed E-state index contributed by atoms with van der Waals surface area (Å²) in [5.74, 6) is -4.71. The first kappa shape index (κ1) is 63.1. The first-order valence-corrected chi connectivity index (χ1v) is 27.0. The summed E-state index contributed by atoms with van der Waals surface area (Å²) >= 11 is 0. The highest BCUT2D eigenvalue weighted by atomic mass is 16.7. The number of hydrogen-bond acceptors (Lipinski definition) is 24. The molecule has 454 valence electrons. The van der Waals surface area contributed by atoms with Crippen LogP contribution in [0.1, 0.15) is 87.8 Å². The maximum Gasteiger partial charge on any atom is 0.513 e. The Morgan fingerprint density at radius 3 is 0.807 bits per heavy atom. The molecule has 6 aromatic rings. The minimum Gasteiger partial charge on any atom is -0.463 e. The van der Waals surface area contributed by atoms with E-state index in [4.69, 9.17) is 66.3 Å². The quantitative estimate of drug-likeness (QED) is 0.0122. The van der Waals surface area contributed by atoms with Crippen LogP contribution in [-0.2, 0) is 47.5 Å². The normalized spacial score (nSPS) is 15.3. The average molecular weight is 1210 g/mol. The van der Waals surface area contributed by atoms with Crippen molar-refractivity contribution in [2.45, 2.75) is 50.1 Å². The molecule has 6 aromatic carbocycles. The molecule has 24 nitrogen and oxygen atoms in total. The molecular weight excluding hydrogens is 1150 g/mol. The molecule has 0 saturated carbocycles. The summed E-state index contributed by atoms with van der Waals surface area (Å²) in [5.41, 5.74) is 0.808. The van der Waals surface area contributed by atoms with E-state index in [2.05, 4.69) is 13.2 Å². The monoisotopic (exact) mass is 1210 g/mol. The van der Waals surface area contributed by atoms with Gasteiger partial charge >= 0.3 is 60.1 Å². The molecule has 88 heavy (non-hydrogen) atoms. The number of unbranched alkanes of at least 4 members (excludes halogenated alkanes) is 2. The summed E-state index contributed by atoms with van der Waals surface area (Å²) in [4.78, 5) is 124. The lowest BCUT2D eigenvalue weighted by molar-refractivity contribution is -0.138. The minimum atomic E-state index is -0.952. The fourth-order valence-electron chi connectivity index (χ4n) is 8.09. The standard InChI is InChI=1S/C64H54O24/c1-3-53(65)75-33-5-7-35-77-63(73)85-49-29-17-41(18-30-49)59(69)81-45-21-9-39(10-22-45)57(67)83-47-25-13-43(14-26-47)61(71)87-51-37-79-56-52(38-80-55(51)56)88-62(72)44-15-27-48(28-16-44)84-58(68)40-11-23-46(24-12-40)82-60(70)42-19-31-50(32-20-42)86-64(74)78-36-8-6-34-76-54(66)4-2/h3-4,9-32,51-52,55-56H,1-2,5-8,33-38H2/t51-,52?,55?,56?/m1/s1. The van der Waals surface area contributed by atoms with E-state index in [1.165, 1.54) is 146 Å². The van der Waals surface area contributed by atoms with Crippen molar-refractivity contribution in [2.75, 3.05) is 39.6 Å². The molecule has 0 amide bonds. The smallest absolute Gasteiger partial charge is 0.463 e. The van der Waals surface area contributed by atoms with Crippen LogP contribution in [0, 0.1) is 0 Å². The van der Waals surface area contributed by atoms with Crippen molar-refractivity contribution in [3.63, 3.8) is 0 Å². The van der Waals surface area contributed by atoms with Crippen molar-refractivity contribution in [3.8, 4) is 34.5 Å². The maximum absolute atomic E-state index is 13.2. The molecule has 0 bridgehead atoms. The summed E-state index contributed by atoms with van der Waals surface area (Å²) in [7, 11) is 0. The van der Waals surface area contributed by atoms with E-state index in [0.717, 1.165) is 12.2 Å². The Hall–Kier alpha value is -11.0. The zero-order valence-corrected chi connectivity index (χ0v) is 46.6. The molecule has 4 atom stereocenters. The number of carbonyl (C=O) groups excluding carboxylic acids is 10. The summed E-state index contributed by atoms with van der Waals surface area (Å²) in [5, 5.41) is 0. The maximum atomic E-state index is 13.2. The molecule has 2 aliphatic rings. The lowest BCUT2D eigenvalue weighted by Crippen LogP contribution is -2.36. The Morgan fingerprint density at radius 1 is 0.330 bits per heavy atom. The van der Waals surface area contributed by atoms with Crippen molar-refractivity contribution >= 4 is 60.1 Å². The third-order valence-electron chi connectivity index (χ3n) is 12.6. The number of fused-ring (bicyclic) bond motifs is 1. The highest BCUT2D eigenvalue weighted by Gasteiger charge is 2.51. The Labute approximate surface area is 501 Å². The van der Waals surface area contributed by atoms with Crippen molar-refractivity contribution in [2.24, 2.45) is 0 Å². The van der Waals surface area contributed by atoms with Crippen LogP contribution in [-0.4, -0.2) is 124 Å². The molecule has 2 fully saturated rings. The molecule has 0 radical (unpaired) electrons. The van der Waals surface area contributed by atoms with Crippen LogP contribution in [0.25, 0.3) is 0 Å². The van der Waals surface area contributed by atoms with Gasteiger partial charge in [-0.1, -0.05) is 13.2 Å². The Bertz CT molecular complexity index is 3250. The second kappa shape index (κ2) is 31.2. The van der Waals surface area contributed by atoms with Gasteiger partial charge in [0.2, 0.25) is 0 Å². The Morgan fingerprint density at radius 2 is 0.557 bits per heavy atom. The molecule has 2 heterocycles. The van der Waals surface area contributed by atoms with E-state index >= 15 is 0 Å². The van der Waals surface area contributed by atoms with Gasteiger partial charge < -0.3 is 66.3 Å². The predicted octanol–water partition coefficient (Wildman–Crippen LogP) is 9.16. The number of esters is 8. The molecule has 0 N–H and O–H groups in total. The van der Waals surface area contributed by atoms with Crippen LogP contribution < -0.4 is 28.4 Å². The van der Waals surface area contributed by atoms with Crippen LogP contribution in [0.5, 0.6) is 34.5 Å². The van der Waals surface area contributed by atoms with Crippen LogP contribution in [0.3, 0.4) is 0 Å². The minimum absolute atomic E-state index is 0.0405. The van der Waals surface area contributed by atoms with E-state index in [-0.39, 0.29) is 108 Å². The van der Waals surface area contributed by atoms with Crippen molar-refractivity contribution in [3.05, 3.63) is 204 Å². The molecule has 8 rings (SSSR count). The van der Waals surface area contributed by atoms with Crippen LogP contribution in [0.2, 0.25) is 0 Å². The van der Waals surface area contributed by atoms with E-state index in [9.17, 15) is 47.9 Å². The second-order valence-electron chi connectivity index (χ2n) is 18.7. The highest BCUT2D eigenvalue weighted by molar-refractivity contribution is 5.95. The molecule has 0 spiro atoms. The molecule has 2 aliphatic heterocycles. The van der Waals surface area contributed by atoms with Crippen LogP contribution in [0.15, 0.2) is 171 Å². The summed E-state index contributed by atoms with van der Waals surface area (Å²) in [6.45, 7) is 6.91. The van der Waals surface area contributed by atoms with Gasteiger partial charge in [0.25, 0.3) is 0 Å². The van der Waals surface area contributed by atoms with Crippen molar-refractivity contribution < 1.29 is 114 Å². The Balaban J connectivity index is 0.707. The fraction of sp³-hybridized carbons (Fsp3) is 0.219. The fourth-order valence-corrected chi connectivity index (χ4v) is 8.09. The Kier molecular flexibility index (Phi) is 22.4. The lowest BCUT2D eigenvalue weighted by atomic mass is 10.1. The van der Waals surface area contributed by atoms with Gasteiger partial charge in [0.05, 0.1) is 73.0 Å². The van der Waals surface area contributed by atoms with E-state index in [1.807, 2.05) is 0 Å². The van der Waals surface area contributed by atoms with Crippen molar-refractivity contribution in [1.29, 1.82) is 0 Å². The summed E-state index contributed by atoms with van der Waals surface area (Å²) in [6.07, 6.45) is -1.17. The zero-order valence-electron chi connectivity index (χ0n) is 46.6. The van der Waals surface area contributed by atoms with Crippen molar-refractivity contribution in [1.82, 2.24) is 0 Å². The molecule has 3 unspecified atom stereocenters. The number of carbonyl (C=O) groups is 10. The molecule has 0 aliphatic carbocycles. The van der Waals surface area contributed by atoms with Gasteiger partial charge in [-0.2, -0.15) is 0 Å². The van der Waals surface area contributed by atoms with E-state index in [0.29, 0.717) is 25.7 Å². The third kappa shape index (κ3) is 18.5. The van der Waals surface area contributed by atoms with Gasteiger partial charge in [-0.3, -0.25) is 0 Å². The van der Waals surface area contributed by atoms with Gasteiger partial charge in [-0.15, -0.1) is 0 Å². The summed E-state index contributed by atoms with van der Waals surface area (Å²) in [6, 6.07) is 33.5. The van der Waals surface area contributed by atoms with Gasteiger partial charge in [-0.25, -0.2) is 47.9 Å². The molecule has 24 heteroatoms. The molecule has 0 aromatic heterocycles. The highest BCUT2D eigenvalue weighted by Crippen LogP contribution is 2.32. The largest absolute Gasteiger partial charge is 0.513 e. The van der Waals surface area contributed by atoms with Gasteiger partial charge in [-0.05, 0) is 171 Å². The van der Waals surface area contributed by atoms with Crippen LogP contribution >= 0.6 is 0 Å².